The van der Waals surface area contributed by atoms with Gasteiger partial charge in [-0.2, -0.15) is 0 Å². The van der Waals surface area contributed by atoms with Gasteiger partial charge in [-0.15, -0.1) is 0 Å². The van der Waals surface area contributed by atoms with E-state index in [0.29, 0.717) is 6.54 Å². The minimum atomic E-state index is -1.14. The molecule has 0 aliphatic carbocycles. The zero-order valence-electron chi connectivity index (χ0n) is 10.2. The smallest absolute Gasteiger partial charge is 0.328 e. The molecule has 0 saturated carbocycles. The molecular weight excluding hydrogens is 242 g/mol. The van der Waals surface area contributed by atoms with Gasteiger partial charge < -0.3 is 10.4 Å². The number of benzene rings is 2. The van der Waals surface area contributed by atoms with Gasteiger partial charge in [-0.3, -0.25) is 4.79 Å². The zero-order valence-corrected chi connectivity index (χ0v) is 10.2. The van der Waals surface area contributed by atoms with Crippen LogP contribution in [0, 0.1) is 0 Å². The van der Waals surface area contributed by atoms with Gasteiger partial charge in [0.1, 0.15) is 0 Å². The highest BCUT2D eigenvalue weighted by atomic mass is 16.4. The number of hydrogen-bond acceptors (Lipinski definition) is 2. The molecule has 2 aromatic carbocycles. The van der Waals surface area contributed by atoms with Crippen LogP contribution < -0.4 is 5.32 Å². The Labute approximate surface area is 110 Å². The first-order valence-electron chi connectivity index (χ1n) is 5.82. The summed E-state index contributed by atoms with van der Waals surface area (Å²) < 4.78 is 0. The molecule has 19 heavy (non-hydrogen) atoms. The van der Waals surface area contributed by atoms with Gasteiger partial charge >= 0.3 is 5.97 Å². The van der Waals surface area contributed by atoms with E-state index in [-0.39, 0.29) is 0 Å². The van der Waals surface area contributed by atoms with Gasteiger partial charge in [0.15, 0.2) is 0 Å². The summed E-state index contributed by atoms with van der Waals surface area (Å²) in [5.41, 5.74) is 0.996. The van der Waals surface area contributed by atoms with E-state index in [1.165, 1.54) is 0 Å². The summed E-state index contributed by atoms with van der Waals surface area (Å²) in [6, 6.07) is 13.8. The van der Waals surface area contributed by atoms with Crippen LogP contribution in [0.2, 0.25) is 0 Å². The molecular formula is C15H13NO3. The summed E-state index contributed by atoms with van der Waals surface area (Å²) in [4.78, 5) is 21.7. The molecule has 0 radical (unpaired) electrons. The van der Waals surface area contributed by atoms with E-state index in [0.717, 1.165) is 28.5 Å². The minimum absolute atomic E-state index is 0.365. The summed E-state index contributed by atoms with van der Waals surface area (Å²) in [7, 11) is 0. The third-order valence-corrected chi connectivity index (χ3v) is 2.71. The molecule has 2 aromatic rings. The molecule has 0 aliphatic rings. The van der Waals surface area contributed by atoms with Crippen molar-refractivity contribution >= 4 is 22.6 Å². The number of carbonyl (C=O) groups is 2. The predicted molar refractivity (Wildman–Crippen MR) is 72.6 cm³/mol. The van der Waals surface area contributed by atoms with E-state index in [2.05, 4.69) is 5.32 Å². The summed E-state index contributed by atoms with van der Waals surface area (Å²) >= 11 is 0. The highest BCUT2D eigenvalue weighted by molar-refractivity contribution is 5.94. The topological polar surface area (TPSA) is 66.4 Å². The number of nitrogens with one attached hydrogen (secondary N) is 1. The Morgan fingerprint density at radius 3 is 2.58 bits per heavy atom. The maximum atomic E-state index is 11.4. The van der Waals surface area contributed by atoms with E-state index in [9.17, 15) is 9.59 Å². The molecule has 0 heterocycles. The highest BCUT2D eigenvalue weighted by Gasteiger charge is 2.02. The van der Waals surface area contributed by atoms with Gasteiger partial charge in [-0.25, -0.2) is 4.79 Å². The Hall–Kier alpha value is -2.62. The van der Waals surface area contributed by atoms with Crippen molar-refractivity contribution in [3.8, 4) is 0 Å². The van der Waals surface area contributed by atoms with Crippen molar-refractivity contribution in [2.45, 2.75) is 6.54 Å². The molecule has 4 nitrogen and oxygen atoms in total. The molecule has 0 saturated heterocycles. The Morgan fingerprint density at radius 2 is 1.79 bits per heavy atom. The molecule has 0 aromatic heterocycles. The van der Waals surface area contributed by atoms with Crippen LogP contribution in [0.25, 0.3) is 10.8 Å². The van der Waals surface area contributed by atoms with Crippen molar-refractivity contribution in [1.29, 1.82) is 0 Å². The maximum Gasteiger partial charge on any atom is 0.328 e. The lowest BCUT2D eigenvalue weighted by molar-refractivity contribution is -0.131. The first-order chi connectivity index (χ1) is 9.16. The monoisotopic (exact) mass is 255 g/mol. The summed E-state index contributed by atoms with van der Waals surface area (Å²) in [6.45, 7) is 0.365. The average molecular weight is 255 g/mol. The highest BCUT2D eigenvalue weighted by Crippen LogP contribution is 2.18. The van der Waals surface area contributed by atoms with Gasteiger partial charge in [0, 0.05) is 18.7 Å². The Balaban J connectivity index is 2.10. The van der Waals surface area contributed by atoms with E-state index in [1.54, 1.807) is 0 Å². The van der Waals surface area contributed by atoms with Crippen LogP contribution >= 0.6 is 0 Å². The quantitative estimate of drug-likeness (QED) is 0.822. The number of aliphatic carboxylic acids is 1. The van der Waals surface area contributed by atoms with Crippen molar-refractivity contribution in [1.82, 2.24) is 5.32 Å². The predicted octanol–water partition coefficient (Wildman–Crippen LogP) is 2.10. The second-order valence-electron chi connectivity index (χ2n) is 4.03. The van der Waals surface area contributed by atoms with Gasteiger partial charge in [0.25, 0.3) is 0 Å². The van der Waals surface area contributed by atoms with Crippen molar-refractivity contribution in [2.75, 3.05) is 0 Å². The number of hydrogen-bond donors (Lipinski definition) is 2. The maximum absolute atomic E-state index is 11.4. The largest absolute Gasteiger partial charge is 0.478 e. The van der Waals surface area contributed by atoms with Crippen LogP contribution in [0.1, 0.15) is 5.56 Å². The second-order valence-corrected chi connectivity index (χ2v) is 4.03. The van der Waals surface area contributed by atoms with E-state index in [1.807, 2.05) is 42.5 Å². The summed E-state index contributed by atoms with van der Waals surface area (Å²) in [5, 5.41) is 13.3. The minimum Gasteiger partial charge on any atom is -0.478 e. The number of rotatable bonds is 4. The number of fused-ring (bicyclic) bond motifs is 1. The number of carbonyl (C=O) groups excluding carboxylic acids is 1. The van der Waals surface area contributed by atoms with Crippen LogP contribution in [-0.2, 0) is 16.1 Å². The van der Waals surface area contributed by atoms with E-state index < -0.39 is 11.9 Å². The third-order valence-electron chi connectivity index (χ3n) is 2.71. The molecule has 0 spiro atoms. The average Bonchev–Trinajstić information content (AvgIpc) is 2.42. The summed E-state index contributed by atoms with van der Waals surface area (Å²) in [6.07, 6.45) is 1.83. The van der Waals surface area contributed by atoms with Gasteiger partial charge in [0.05, 0.1) is 0 Å². The SMILES string of the molecule is O=C(O)/C=C\C(=O)NCc1cccc2ccccc12. The van der Waals surface area contributed by atoms with Gasteiger partial charge in [0.2, 0.25) is 5.91 Å². The molecule has 0 atom stereocenters. The second kappa shape index (κ2) is 5.82. The normalized spacial score (nSPS) is 10.7. The van der Waals surface area contributed by atoms with Crippen molar-refractivity contribution in [2.24, 2.45) is 0 Å². The molecule has 2 N–H and O–H groups in total. The van der Waals surface area contributed by atoms with E-state index in [4.69, 9.17) is 5.11 Å². The first kappa shape index (κ1) is 12.8. The van der Waals surface area contributed by atoms with Crippen LogP contribution in [0.3, 0.4) is 0 Å². The standard InChI is InChI=1S/C15H13NO3/c17-14(8-9-15(18)19)16-10-12-6-3-5-11-4-1-2-7-13(11)12/h1-9H,10H2,(H,16,17)(H,18,19)/b9-8-. The van der Waals surface area contributed by atoms with Crippen LogP contribution in [0.5, 0.6) is 0 Å². The molecule has 0 aliphatic heterocycles. The Kier molecular flexibility index (Phi) is 3.93. The van der Waals surface area contributed by atoms with Crippen molar-refractivity contribution in [3.05, 3.63) is 60.2 Å². The summed E-state index contributed by atoms with van der Waals surface area (Å²) in [5.74, 6) is -1.56. The molecule has 0 bridgehead atoms. The Morgan fingerprint density at radius 1 is 1.05 bits per heavy atom. The van der Waals surface area contributed by atoms with Crippen molar-refractivity contribution < 1.29 is 14.7 Å². The van der Waals surface area contributed by atoms with Gasteiger partial charge in [-0.1, -0.05) is 42.5 Å². The number of carboxylic acids is 1. The fourth-order valence-corrected chi connectivity index (χ4v) is 1.83. The fourth-order valence-electron chi connectivity index (χ4n) is 1.83. The van der Waals surface area contributed by atoms with E-state index >= 15 is 0 Å². The number of amides is 1. The lowest BCUT2D eigenvalue weighted by Crippen LogP contribution is -2.20. The molecule has 0 fully saturated rings. The fraction of sp³-hybridized carbons (Fsp3) is 0.0667. The molecule has 1 amide bonds. The molecule has 2 rings (SSSR count). The molecule has 0 unspecified atom stereocenters. The van der Waals surface area contributed by atoms with Crippen LogP contribution in [0.4, 0.5) is 0 Å². The first-order valence-corrected chi connectivity index (χ1v) is 5.82. The molecule has 4 heteroatoms. The van der Waals surface area contributed by atoms with Crippen molar-refractivity contribution in [3.63, 3.8) is 0 Å². The lowest BCUT2D eigenvalue weighted by Gasteiger charge is -2.06. The zero-order chi connectivity index (χ0) is 13.7. The van der Waals surface area contributed by atoms with Crippen LogP contribution in [0.15, 0.2) is 54.6 Å². The lowest BCUT2D eigenvalue weighted by atomic mass is 10.0. The van der Waals surface area contributed by atoms with Gasteiger partial charge in [-0.05, 0) is 16.3 Å². The Bertz CT molecular complexity index is 641. The number of carboxylic acid groups (broad SMARTS) is 1. The third kappa shape index (κ3) is 3.42. The van der Waals surface area contributed by atoms with Crippen LogP contribution in [-0.4, -0.2) is 17.0 Å². The molecule has 96 valence electrons.